The molecule has 0 aliphatic carbocycles. The number of carbonyl (C=O) groups is 1. The van der Waals surface area contributed by atoms with Gasteiger partial charge in [-0.05, 0) is 18.6 Å². The topological polar surface area (TPSA) is 75.8 Å². The van der Waals surface area contributed by atoms with Gasteiger partial charge in [-0.15, -0.1) is 0 Å². The lowest BCUT2D eigenvalue weighted by Crippen LogP contribution is -2.29. The highest BCUT2D eigenvalue weighted by molar-refractivity contribution is 6.34. The van der Waals surface area contributed by atoms with Crippen molar-refractivity contribution >= 4 is 28.9 Å². The van der Waals surface area contributed by atoms with E-state index in [9.17, 15) is 4.79 Å². The molecule has 3 N–H and O–H groups in total. The summed E-state index contributed by atoms with van der Waals surface area (Å²) in [6, 6.07) is 3.12. The zero-order valence-corrected chi connectivity index (χ0v) is 11.9. The van der Waals surface area contributed by atoms with E-state index < -0.39 is 5.97 Å². The molecule has 19 heavy (non-hydrogen) atoms. The number of rotatable bonds is 6. The molecule has 1 rings (SSSR count). The first-order chi connectivity index (χ1) is 9.04. The number of ether oxygens (including phenoxy) is 1. The normalized spacial score (nSPS) is 10.3. The Morgan fingerprint density at radius 3 is 2.68 bits per heavy atom. The van der Waals surface area contributed by atoms with Gasteiger partial charge in [0.25, 0.3) is 0 Å². The number of nitrogen functional groups attached to an aromatic ring is 1. The maximum Gasteiger partial charge on any atom is 0.340 e. The Bertz CT molecular complexity index is 446. The van der Waals surface area contributed by atoms with Gasteiger partial charge in [-0.2, -0.15) is 0 Å². The van der Waals surface area contributed by atoms with Crippen molar-refractivity contribution in [2.75, 3.05) is 37.4 Å². The molecule has 0 heterocycles. The highest BCUT2D eigenvalue weighted by Gasteiger charge is 2.20. The molecule has 1 aromatic carbocycles. The predicted octanol–water partition coefficient (Wildman–Crippen LogP) is 1.92. The van der Waals surface area contributed by atoms with Crippen molar-refractivity contribution < 1.29 is 14.6 Å². The van der Waals surface area contributed by atoms with E-state index in [0.717, 1.165) is 6.42 Å². The van der Waals surface area contributed by atoms with Crippen molar-refractivity contribution in [3.05, 3.63) is 22.7 Å². The standard InChI is InChI=1S/C13H19ClN2O3/c1-3-4-16(5-6-17)12-10(13(18)19-2)7-9(15)8-11(12)14/h7-8,17H,3-6,15H2,1-2H3. The van der Waals surface area contributed by atoms with E-state index in [1.165, 1.54) is 13.2 Å². The van der Waals surface area contributed by atoms with Crippen molar-refractivity contribution in [3.8, 4) is 0 Å². The summed E-state index contributed by atoms with van der Waals surface area (Å²) in [5, 5.41) is 9.51. The number of nitrogens with two attached hydrogens (primary N) is 1. The van der Waals surface area contributed by atoms with E-state index in [-0.39, 0.29) is 6.61 Å². The lowest BCUT2D eigenvalue weighted by molar-refractivity contribution is 0.0601. The first-order valence-electron chi connectivity index (χ1n) is 6.08. The Hall–Kier alpha value is -1.46. The molecule has 1 aromatic rings. The Morgan fingerprint density at radius 1 is 1.47 bits per heavy atom. The summed E-state index contributed by atoms with van der Waals surface area (Å²) in [7, 11) is 1.30. The van der Waals surface area contributed by atoms with Gasteiger partial charge in [-0.25, -0.2) is 4.79 Å². The molecular formula is C13H19ClN2O3. The maximum atomic E-state index is 11.8. The minimum atomic E-state index is -0.497. The van der Waals surface area contributed by atoms with Gasteiger partial charge in [-0.3, -0.25) is 0 Å². The molecule has 0 bridgehead atoms. The molecule has 106 valence electrons. The molecule has 0 aliphatic heterocycles. The van der Waals surface area contributed by atoms with Crippen LogP contribution in [0.25, 0.3) is 0 Å². The van der Waals surface area contributed by atoms with Gasteiger partial charge < -0.3 is 20.5 Å². The van der Waals surface area contributed by atoms with Crippen molar-refractivity contribution in [2.24, 2.45) is 0 Å². The van der Waals surface area contributed by atoms with Crippen molar-refractivity contribution in [3.63, 3.8) is 0 Å². The van der Waals surface area contributed by atoms with Crippen LogP contribution < -0.4 is 10.6 Å². The molecule has 0 spiro atoms. The van der Waals surface area contributed by atoms with Crippen LogP contribution in [0.15, 0.2) is 12.1 Å². The van der Waals surface area contributed by atoms with Crippen LogP contribution in [-0.2, 0) is 4.74 Å². The second-order valence-electron chi connectivity index (χ2n) is 4.10. The summed E-state index contributed by atoms with van der Waals surface area (Å²) in [5.74, 6) is -0.497. The number of aliphatic hydroxyl groups excluding tert-OH is 1. The van der Waals surface area contributed by atoms with Gasteiger partial charge in [0.05, 0.1) is 30.0 Å². The van der Waals surface area contributed by atoms with Crippen LogP contribution >= 0.6 is 11.6 Å². The third kappa shape index (κ3) is 3.75. The Labute approximate surface area is 117 Å². The Kier molecular flexibility index (Phi) is 5.92. The van der Waals surface area contributed by atoms with Gasteiger partial charge >= 0.3 is 5.97 Å². The largest absolute Gasteiger partial charge is 0.465 e. The van der Waals surface area contributed by atoms with E-state index in [4.69, 9.17) is 27.2 Å². The number of hydrogen-bond donors (Lipinski definition) is 2. The quantitative estimate of drug-likeness (QED) is 0.617. The number of aliphatic hydroxyl groups is 1. The summed E-state index contributed by atoms with van der Waals surface area (Å²) in [6.45, 7) is 3.05. The van der Waals surface area contributed by atoms with Crippen LogP contribution in [0.4, 0.5) is 11.4 Å². The maximum absolute atomic E-state index is 11.8. The van der Waals surface area contributed by atoms with Gasteiger partial charge in [-0.1, -0.05) is 18.5 Å². The molecule has 0 fully saturated rings. The number of halogens is 1. The van der Waals surface area contributed by atoms with Gasteiger partial charge in [0, 0.05) is 18.8 Å². The van der Waals surface area contributed by atoms with E-state index in [1.54, 1.807) is 6.07 Å². The summed E-state index contributed by atoms with van der Waals surface area (Å²) in [6.07, 6.45) is 0.862. The fourth-order valence-corrected chi connectivity index (χ4v) is 2.28. The molecule has 6 heteroatoms. The third-order valence-corrected chi connectivity index (χ3v) is 2.96. The summed E-state index contributed by atoms with van der Waals surface area (Å²) in [4.78, 5) is 13.7. The number of benzene rings is 1. The predicted molar refractivity (Wildman–Crippen MR) is 76.8 cm³/mol. The van der Waals surface area contributed by atoms with Crippen LogP contribution in [0.1, 0.15) is 23.7 Å². The smallest absolute Gasteiger partial charge is 0.340 e. The van der Waals surface area contributed by atoms with Crippen molar-refractivity contribution in [1.29, 1.82) is 0 Å². The minimum Gasteiger partial charge on any atom is -0.465 e. The number of hydrogen-bond acceptors (Lipinski definition) is 5. The molecule has 0 amide bonds. The second kappa shape index (κ2) is 7.21. The molecule has 0 saturated heterocycles. The Balaban J connectivity index is 3.32. The Morgan fingerprint density at radius 2 is 2.16 bits per heavy atom. The van der Waals surface area contributed by atoms with Gasteiger partial charge in [0.15, 0.2) is 0 Å². The average Bonchev–Trinajstić information content (AvgIpc) is 2.37. The molecule has 0 atom stereocenters. The lowest BCUT2D eigenvalue weighted by atomic mass is 10.1. The number of esters is 1. The van der Waals surface area contributed by atoms with Crippen LogP contribution in [0, 0.1) is 0 Å². The lowest BCUT2D eigenvalue weighted by Gasteiger charge is -2.26. The first-order valence-corrected chi connectivity index (χ1v) is 6.46. The molecule has 5 nitrogen and oxygen atoms in total. The molecule has 0 saturated carbocycles. The highest BCUT2D eigenvalue weighted by atomic mass is 35.5. The van der Waals surface area contributed by atoms with Crippen LogP contribution in [0.2, 0.25) is 5.02 Å². The first kappa shape index (κ1) is 15.6. The van der Waals surface area contributed by atoms with E-state index in [0.29, 0.717) is 35.1 Å². The molecule has 0 aliphatic rings. The SMILES string of the molecule is CCCN(CCO)c1c(Cl)cc(N)cc1C(=O)OC. The monoisotopic (exact) mass is 286 g/mol. The fourth-order valence-electron chi connectivity index (χ4n) is 1.93. The van der Waals surface area contributed by atoms with Crippen LogP contribution in [-0.4, -0.2) is 37.9 Å². The second-order valence-corrected chi connectivity index (χ2v) is 4.51. The van der Waals surface area contributed by atoms with Gasteiger partial charge in [0.1, 0.15) is 0 Å². The van der Waals surface area contributed by atoms with E-state index in [2.05, 4.69) is 0 Å². The molecular weight excluding hydrogens is 268 g/mol. The number of carbonyl (C=O) groups excluding carboxylic acids is 1. The van der Waals surface area contributed by atoms with E-state index >= 15 is 0 Å². The highest BCUT2D eigenvalue weighted by Crippen LogP contribution is 2.33. The number of methoxy groups -OCH3 is 1. The molecule has 0 unspecified atom stereocenters. The average molecular weight is 287 g/mol. The summed E-state index contributed by atoms with van der Waals surface area (Å²) < 4.78 is 4.75. The fraction of sp³-hybridized carbons (Fsp3) is 0.462. The number of anilines is 2. The van der Waals surface area contributed by atoms with Crippen LogP contribution in [0.5, 0.6) is 0 Å². The zero-order valence-electron chi connectivity index (χ0n) is 11.1. The summed E-state index contributed by atoms with van der Waals surface area (Å²) in [5.41, 5.74) is 6.98. The van der Waals surface area contributed by atoms with Crippen molar-refractivity contribution in [2.45, 2.75) is 13.3 Å². The third-order valence-electron chi connectivity index (χ3n) is 2.67. The summed E-state index contributed by atoms with van der Waals surface area (Å²) >= 11 is 6.19. The van der Waals surface area contributed by atoms with Crippen LogP contribution in [0.3, 0.4) is 0 Å². The molecule has 0 aromatic heterocycles. The molecule has 0 radical (unpaired) electrons. The zero-order chi connectivity index (χ0) is 14.4. The minimum absolute atomic E-state index is 0.0265. The van der Waals surface area contributed by atoms with Crippen molar-refractivity contribution in [1.82, 2.24) is 0 Å². The number of nitrogens with zero attached hydrogens (tertiary/aromatic N) is 1. The van der Waals surface area contributed by atoms with E-state index in [1.807, 2.05) is 11.8 Å². The van der Waals surface area contributed by atoms with Gasteiger partial charge in [0.2, 0.25) is 0 Å².